The van der Waals surface area contributed by atoms with Crippen LogP contribution in [-0.2, 0) is 17.5 Å². The first-order valence-corrected chi connectivity index (χ1v) is 14.4. The number of amides is 1. The van der Waals surface area contributed by atoms with Crippen LogP contribution in [0.3, 0.4) is 0 Å². The number of carboxylic acid groups (broad SMARTS) is 1. The van der Waals surface area contributed by atoms with Crippen LogP contribution in [0.2, 0.25) is 0 Å². The lowest BCUT2D eigenvalue weighted by atomic mass is 10.1. The Morgan fingerprint density at radius 1 is 1.19 bits per heavy atom. The van der Waals surface area contributed by atoms with E-state index < -0.39 is 35.5 Å². The number of hydrogen-bond donors (Lipinski definition) is 2. The predicted molar refractivity (Wildman–Crippen MR) is 149 cm³/mol. The maximum atomic E-state index is 15.9. The Kier molecular flexibility index (Phi) is 8.99. The molecule has 0 spiro atoms. The van der Waals surface area contributed by atoms with Gasteiger partial charge in [0.15, 0.2) is 16.8 Å². The molecule has 2 fully saturated rings. The van der Waals surface area contributed by atoms with Crippen molar-refractivity contribution >= 4 is 34.2 Å². The van der Waals surface area contributed by atoms with Crippen LogP contribution in [-0.4, -0.2) is 87.9 Å². The van der Waals surface area contributed by atoms with Gasteiger partial charge in [0.05, 0.1) is 23.9 Å². The quantitative estimate of drug-likeness (QED) is 0.316. The third-order valence-electron chi connectivity index (χ3n) is 7.61. The number of rotatable bonds is 8. The van der Waals surface area contributed by atoms with Crippen LogP contribution in [0.1, 0.15) is 30.2 Å². The molecule has 2 aliphatic heterocycles. The number of nitrogens with one attached hydrogen (secondary N) is 1. The molecule has 0 radical (unpaired) electrons. The smallest absolute Gasteiger partial charge is 0.416 e. The number of hydrogen-bond acceptors (Lipinski definition) is 9. The molecule has 0 aliphatic carbocycles. The molecule has 2 atom stereocenters. The number of thiazole rings is 1. The fourth-order valence-corrected chi connectivity index (χ4v) is 6.44. The number of alkyl halides is 3. The second kappa shape index (κ2) is 12.5. The van der Waals surface area contributed by atoms with Crippen molar-refractivity contribution in [1.82, 2.24) is 24.8 Å². The summed E-state index contributed by atoms with van der Waals surface area (Å²) in [6.07, 6.45) is -2.76. The molecule has 3 aromatic rings. The third-order valence-corrected chi connectivity index (χ3v) is 8.57. The van der Waals surface area contributed by atoms with Gasteiger partial charge in [-0.1, -0.05) is 11.3 Å². The summed E-state index contributed by atoms with van der Waals surface area (Å²) in [6, 6.07) is 2.02. The molecule has 2 N–H and O–H groups in total. The summed E-state index contributed by atoms with van der Waals surface area (Å²) in [6.45, 7) is 3.71. The summed E-state index contributed by atoms with van der Waals surface area (Å²) in [4.78, 5) is 29.7. The Morgan fingerprint density at radius 3 is 2.65 bits per heavy atom. The highest BCUT2D eigenvalue weighted by molar-refractivity contribution is 7.16. The lowest BCUT2D eigenvalue weighted by Gasteiger charge is -2.40. The number of likely N-dealkylation sites (tertiary alicyclic amines) is 1. The maximum Gasteiger partial charge on any atom is 0.416 e. The number of methoxy groups -OCH3 is 1. The van der Waals surface area contributed by atoms with Gasteiger partial charge in [0.25, 0.3) is 0 Å². The number of nitrogens with zero attached hydrogens (tertiary/aromatic N) is 6. The third kappa shape index (κ3) is 6.80. The van der Waals surface area contributed by atoms with Gasteiger partial charge in [-0.25, -0.2) is 24.1 Å². The van der Waals surface area contributed by atoms with Gasteiger partial charge in [0.2, 0.25) is 5.82 Å². The zero-order valence-corrected chi connectivity index (χ0v) is 24.2. The fraction of sp³-hybridized carbons (Fsp3) is 0.481. The molecular formula is C27H30F5N7O3S. The normalized spacial score (nSPS) is 19.7. The largest absolute Gasteiger partial charge is 0.465 e. The first-order valence-electron chi connectivity index (χ1n) is 13.6. The molecule has 43 heavy (non-hydrogen) atoms. The SMILES string of the molecule is COC[C@@H]1CN(C(=O)O)CCN1c1ncnc(Nc2nc(-c3cc(F)cc(C(F)(F)F)c3)c(CN3CCC[C@H]3C)s2)c1F. The van der Waals surface area contributed by atoms with Crippen molar-refractivity contribution in [2.45, 2.75) is 44.6 Å². The molecule has 5 rings (SSSR count). The minimum atomic E-state index is -4.76. The average Bonchev–Trinajstić information content (AvgIpc) is 3.54. The van der Waals surface area contributed by atoms with E-state index in [1.165, 1.54) is 12.0 Å². The van der Waals surface area contributed by atoms with Crippen LogP contribution in [0, 0.1) is 11.6 Å². The Morgan fingerprint density at radius 2 is 1.98 bits per heavy atom. The van der Waals surface area contributed by atoms with Crippen LogP contribution < -0.4 is 10.2 Å². The molecule has 10 nitrogen and oxygen atoms in total. The summed E-state index contributed by atoms with van der Waals surface area (Å²) in [5, 5.41) is 12.4. The van der Waals surface area contributed by atoms with Crippen molar-refractivity contribution in [2.24, 2.45) is 0 Å². The number of aromatic nitrogens is 3. The number of carbonyl (C=O) groups is 1. The predicted octanol–water partition coefficient (Wildman–Crippen LogP) is 5.44. The highest BCUT2D eigenvalue weighted by Gasteiger charge is 2.34. The Bertz CT molecular complexity index is 1470. The summed E-state index contributed by atoms with van der Waals surface area (Å²) in [7, 11) is 1.46. The van der Waals surface area contributed by atoms with Gasteiger partial charge in [0.1, 0.15) is 12.1 Å². The average molecular weight is 628 g/mol. The summed E-state index contributed by atoms with van der Waals surface area (Å²) < 4.78 is 76.0. The van der Waals surface area contributed by atoms with Crippen LogP contribution in [0.15, 0.2) is 24.5 Å². The van der Waals surface area contributed by atoms with E-state index in [2.05, 4.69) is 32.1 Å². The second-order valence-electron chi connectivity index (χ2n) is 10.5. The highest BCUT2D eigenvalue weighted by Crippen LogP contribution is 2.39. The van der Waals surface area contributed by atoms with Gasteiger partial charge < -0.3 is 25.0 Å². The first kappa shape index (κ1) is 30.8. The van der Waals surface area contributed by atoms with Gasteiger partial charge in [0, 0.05) is 49.8 Å². The van der Waals surface area contributed by atoms with Crippen molar-refractivity contribution in [1.29, 1.82) is 0 Å². The second-order valence-corrected chi connectivity index (χ2v) is 11.6. The van der Waals surface area contributed by atoms with E-state index in [1.807, 2.05) is 0 Å². The molecule has 0 unspecified atom stereocenters. The van der Waals surface area contributed by atoms with Crippen molar-refractivity contribution in [3.63, 3.8) is 0 Å². The molecule has 1 amide bonds. The van der Waals surface area contributed by atoms with Gasteiger partial charge >= 0.3 is 12.3 Å². The van der Waals surface area contributed by atoms with Crippen molar-refractivity contribution in [2.75, 3.05) is 50.1 Å². The fourth-order valence-electron chi connectivity index (χ4n) is 5.43. The number of piperazine rings is 1. The molecule has 16 heteroatoms. The van der Waals surface area contributed by atoms with Crippen LogP contribution >= 0.6 is 11.3 Å². The van der Waals surface area contributed by atoms with Crippen molar-refractivity contribution in [3.05, 3.63) is 46.6 Å². The van der Waals surface area contributed by atoms with E-state index in [9.17, 15) is 27.5 Å². The molecule has 1 aromatic carbocycles. The molecule has 0 bridgehead atoms. The molecule has 2 aromatic heterocycles. The number of anilines is 3. The summed E-state index contributed by atoms with van der Waals surface area (Å²) in [5.74, 6) is -2.15. The number of halogens is 5. The number of benzene rings is 1. The van der Waals surface area contributed by atoms with Gasteiger partial charge in [-0.2, -0.15) is 17.6 Å². The van der Waals surface area contributed by atoms with Crippen molar-refractivity contribution in [3.8, 4) is 11.3 Å². The topological polar surface area (TPSA) is 107 Å². The standard InChI is InChI=1S/C27H30F5N7O3S/c1-15-4-3-5-37(15)12-20-22(16-8-17(27(30,31)32)10-18(28)9-16)35-25(43-20)36-23-21(29)24(34-14-33-23)39-7-6-38(26(40)41)11-19(39)13-42-2/h8-10,14-15,19H,3-7,11-13H2,1-2H3,(H,40,41)(H,33,34,35,36)/t15-,19+/m1/s1. The van der Waals surface area contributed by atoms with Crippen LogP contribution in [0.4, 0.5) is 43.5 Å². The molecule has 232 valence electrons. The van der Waals surface area contributed by atoms with Crippen molar-refractivity contribution < 1.29 is 36.6 Å². The molecule has 2 saturated heterocycles. The van der Waals surface area contributed by atoms with E-state index in [0.717, 1.165) is 49.2 Å². The Hall–Kier alpha value is -3.63. The van der Waals surface area contributed by atoms with Crippen LogP contribution in [0.25, 0.3) is 11.3 Å². The summed E-state index contributed by atoms with van der Waals surface area (Å²) >= 11 is 1.12. The zero-order valence-electron chi connectivity index (χ0n) is 23.4. The van der Waals surface area contributed by atoms with E-state index in [1.54, 1.807) is 4.90 Å². The van der Waals surface area contributed by atoms with E-state index in [-0.39, 0.29) is 60.3 Å². The lowest BCUT2D eigenvalue weighted by molar-refractivity contribution is -0.137. The van der Waals surface area contributed by atoms with Gasteiger partial charge in [-0.05, 0) is 44.5 Å². The summed E-state index contributed by atoms with van der Waals surface area (Å²) in [5.41, 5.74) is -1.01. The minimum Gasteiger partial charge on any atom is -0.465 e. The molecule has 2 aliphatic rings. The zero-order chi connectivity index (χ0) is 30.9. The Balaban J connectivity index is 1.48. The maximum absolute atomic E-state index is 15.9. The van der Waals surface area contributed by atoms with Gasteiger partial charge in [-0.15, -0.1) is 0 Å². The van der Waals surface area contributed by atoms with E-state index >= 15 is 4.39 Å². The highest BCUT2D eigenvalue weighted by atomic mass is 32.1. The molecule has 0 saturated carbocycles. The minimum absolute atomic E-state index is 0.0407. The molecule has 4 heterocycles. The Labute approximate surface area is 248 Å². The van der Waals surface area contributed by atoms with E-state index in [4.69, 9.17) is 4.74 Å². The number of ether oxygens (including phenoxy) is 1. The van der Waals surface area contributed by atoms with E-state index in [0.29, 0.717) is 17.5 Å². The monoisotopic (exact) mass is 627 g/mol. The lowest BCUT2D eigenvalue weighted by Crippen LogP contribution is -2.56. The van der Waals surface area contributed by atoms with Gasteiger partial charge in [-0.3, -0.25) is 4.90 Å². The van der Waals surface area contributed by atoms with Crippen LogP contribution in [0.5, 0.6) is 0 Å². The molecular weight excluding hydrogens is 597 g/mol. The first-order chi connectivity index (χ1) is 20.4.